The van der Waals surface area contributed by atoms with Gasteiger partial charge >= 0.3 is 5.97 Å². The molecule has 6 heteroatoms. The number of rotatable bonds is 5. The van der Waals surface area contributed by atoms with E-state index in [0.717, 1.165) is 36.8 Å². The second-order valence-electron chi connectivity index (χ2n) is 4.84. The van der Waals surface area contributed by atoms with Crippen LogP contribution in [0, 0.1) is 5.92 Å². The second-order valence-corrected chi connectivity index (χ2v) is 5.68. The average molecular weight is 284 g/mol. The van der Waals surface area contributed by atoms with Crippen LogP contribution in [0.2, 0.25) is 0 Å². The molecule has 0 radical (unpaired) electrons. The molecule has 1 N–H and O–H groups in total. The van der Waals surface area contributed by atoms with Crippen molar-refractivity contribution in [1.29, 1.82) is 0 Å². The number of methoxy groups -OCH3 is 1. The Morgan fingerprint density at radius 1 is 1.68 bits per heavy atom. The molecule has 0 aromatic carbocycles. The second kappa shape index (κ2) is 6.86. The molecule has 2 rings (SSSR count). The molecule has 1 aromatic rings. The van der Waals surface area contributed by atoms with Crippen molar-refractivity contribution in [3.05, 3.63) is 11.1 Å². The van der Waals surface area contributed by atoms with Crippen LogP contribution in [0.15, 0.2) is 5.38 Å². The summed E-state index contributed by atoms with van der Waals surface area (Å²) >= 11 is 1.57. The molecule has 0 bridgehead atoms. The molecule has 0 saturated carbocycles. The Labute approximate surface area is 117 Å². The van der Waals surface area contributed by atoms with Gasteiger partial charge in [-0.15, -0.1) is 11.3 Å². The predicted octanol–water partition coefficient (Wildman–Crippen LogP) is 1.46. The Bertz CT molecular complexity index is 420. The lowest BCUT2D eigenvalue weighted by molar-refractivity contribution is -0.139. The lowest BCUT2D eigenvalue weighted by Gasteiger charge is -2.32. The number of thiazole rings is 1. The first-order valence-corrected chi connectivity index (χ1v) is 7.48. The van der Waals surface area contributed by atoms with Gasteiger partial charge in [0.05, 0.1) is 19.2 Å². The van der Waals surface area contributed by atoms with Gasteiger partial charge < -0.3 is 14.7 Å². The zero-order chi connectivity index (χ0) is 13.7. The van der Waals surface area contributed by atoms with Gasteiger partial charge in [-0.2, -0.15) is 0 Å². The van der Waals surface area contributed by atoms with Crippen molar-refractivity contribution in [2.45, 2.75) is 25.7 Å². The number of anilines is 1. The van der Waals surface area contributed by atoms with Crippen molar-refractivity contribution in [1.82, 2.24) is 4.98 Å². The molecule has 1 aromatic heterocycles. The van der Waals surface area contributed by atoms with Crippen LogP contribution in [0.3, 0.4) is 0 Å². The molecule has 1 atom stereocenters. The lowest BCUT2D eigenvalue weighted by Crippen LogP contribution is -2.35. The zero-order valence-corrected chi connectivity index (χ0v) is 12.0. The number of hydrogen-bond donors (Lipinski definition) is 1. The minimum atomic E-state index is -0.256. The summed E-state index contributed by atoms with van der Waals surface area (Å²) in [6, 6.07) is 0. The maximum Gasteiger partial charge on any atom is 0.311 e. The first-order chi connectivity index (χ1) is 9.22. The highest BCUT2D eigenvalue weighted by Gasteiger charge is 2.22. The molecule has 1 saturated heterocycles. The van der Waals surface area contributed by atoms with Gasteiger partial charge in [-0.1, -0.05) is 0 Å². The van der Waals surface area contributed by atoms with Gasteiger partial charge in [0.25, 0.3) is 0 Å². The summed E-state index contributed by atoms with van der Waals surface area (Å²) in [6.45, 7) is 2.21. The maximum atomic E-state index is 11.2. The van der Waals surface area contributed by atoms with E-state index in [9.17, 15) is 4.79 Å². The van der Waals surface area contributed by atoms with Gasteiger partial charge in [-0.3, -0.25) is 4.79 Å². The fourth-order valence-electron chi connectivity index (χ4n) is 2.40. The molecular formula is C13H20N2O3S. The number of carbonyl (C=O) groups excluding carboxylic acids is 1. The van der Waals surface area contributed by atoms with Crippen LogP contribution < -0.4 is 4.90 Å². The van der Waals surface area contributed by atoms with Gasteiger partial charge in [0.2, 0.25) is 0 Å². The molecule has 1 aliphatic heterocycles. The van der Waals surface area contributed by atoms with Crippen LogP contribution in [0.5, 0.6) is 0 Å². The Balaban J connectivity index is 1.95. The highest BCUT2D eigenvalue weighted by atomic mass is 32.1. The number of ether oxygens (including phenoxy) is 1. The fourth-order valence-corrected chi connectivity index (χ4v) is 3.26. The molecule has 1 unspecified atom stereocenters. The summed E-state index contributed by atoms with van der Waals surface area (Å²) in [5.41, 5.74) is 0.774. The Morgan fingerprint density at radius 2 is 2.53 bits per heavy atom. The highest BCUT2D eigenvalue weighted by molar-refractivity contribution is 7.13. The molecule has 0 aliphatic carbocycles. The average Bonchev–Trinajstić information content (AvgIpc) is 2.88. The number of aromatic nitrogens is 1. The maximum absolute atomic E-state index is 11.2. The third-order valence-corrected chi connectivity index (χ3v) is 4.37. The molecule has 2 heterocycles. The monoisotopic (exact) mass is 284 g/mol. The van der Waals surface area contributed by atoms with E-state index in [4.69, 9.17) is 5.11 Å². The number of aliphatic hydroxyl groups is 1. The van der Waals surface area contributed by atoms with Gasteiger partial charge in [-0.05, 0) is 25.2 Å². The van der Waals surface area contributed by atoms with Crippen LogP contribution in [-0.4, -0.2) is 42.9 Å². The topological polar surface area (TPSA) is 62.7 Å². The molecule has 1 fully saturated rings. The van der Waals surface area contributed by atoms with E-state index in [2.05, 4.69) is 14.6 Å². The van der Waals surface area contributed by atoms with Crippen molar-refractivity contribution in [3.63, 3.8) is 0 Å². The number of nitrogens with zero attached hydrogens (tertiary/aromatic N) is 2. The van der Waals surface area contributed by atoms with E-state index in [0.29, 0.717) is 5.92 Å². The number of esters is 1. The molecule has 5 nitrogen and oxygen atoms in total. The summed E-state index contributed by atoms with van der Waals surface area (Å²) in [6.07, 6.45) is 3.41. The van der Waals surface area contributed by atoms with E-state index in [1.165, 1.54) is 13.5 Å². The third-order valence-electron chi connectivity index (χ3n) is 3.42. The van der Waals surface area contributed by atoms with Crippen molar-refractivity contribution < 1.29 is 14.6 Å². The van der Waals surface area contributed by atoms with E-state index in [1.807, 2.05) is 5.38 Å². The summed E-state index contributed by atoms with van der Waals surface area (Å²) in [5, 5.41) is 11.9. The largest absolute Gasteiger partial charge is 0.469 e. The van der Waals surface area contributed by atoms with Crippen LogP contribution in [-0.2, 0) is 16.0 Å². The molecular weight excluding hydrogens is 264 g/mol. The highest BCUT2D eigenvalue weighted by Crippen LogP contribution is 2.27. The SMILES string of the molecule is COC(=O)Cc1csc(N2CCCC(CCO)C2)n1. The molecule has 106 valence electrons. The van der Waals surface area contributed by atoms with Crippen LogP contribution in [0.4, 0.5) is 5.13 Å². The predicted molar refractivity (Wildman–Crippen MR) is 74.5 cm³/mol. The van der Waals surface area contributed by atoms with Crippen molar-refractivity contribution in [2.75, 3.05) is 31.7 Å². The first kappa shape index (κ1) is 14.3. The summed E-state index contributed by atoms with van der Waals surface area (Å²) in [5.74, 6) is 0.292. The zero-order valence-electron chi connectivity index (χ0n) is 11.2. The Hall–Kier alpha value is -1.14. The minimum absolute atomic E-state index is 0.237. The molecule has 1 aliphatic rings. The van der Waals surface area contributed by atoms with Crippen LogP contribution in [0.1, 0.15) is 25.0 Å². The summed E-state index contributed by atoms with van der Waals surface area (Å²) < 4.78 is 4.64. The molecule has 0 spiro atoms. The quantitative estimate of drug-likeness (QED) is 0.829. The minimum Gasteiger partial charge on any atom is -0.469 e. The number of piperidine rings is 1. The van der Waals surface area contributed by atoms with Gasteiger partial charge in [-0.25, -0.2) is 4.98 Å². The summed E-state index contributed by atoms with van der Waals surface area (Å²) in [7, 11) is 1.39. The van der Waals surface area contributed by atoms with E-state index in [1.54, 1.807) is 11.3 Å². The number of aliphatic hydroxyl groups excluding tert-OH is 1. The Morgan fingerprint density at radius 3 is 3.26 bits per heavy atom. The smallest absolute Gasteiger partial charge is 0.311 e. The Kier molecular flexibility index (Phi) is 5.15. The molecule has 0 amide bonds. The third kappa shape index (κ3) is 3.91. The molecule has 19 heavy (non-hydrogen) atoms. The van der Waals surface area contributed by atoms with Crippen LogP contribution >= 0.6 is 11.3 Å². The van der Waals surface area contributed by atoms with Gasteiger partial charge in [0.1, 0.15) is 0 Å². The van der Waals surface area contributed by atoms with Crippen molar-refractivity contribution >= 4 is 22.4 Å². The summed E-state index contributed by atoms with van der Waals surface area (Å²) in [4.78, 5) is 18.0. The van der Waals surface area contributed by atoms with Crippen molar-refractivity contribution in [3.8, 4) is 0 Å². The van der Waals surface area contributed by atoms with E-state index in [-0.39, 0.29) is 19.0 Å². The standard InChI is InChI=1S/C13H20N2O3S/c1-18-12(17)7-11-9-19-13(14-11)15-5-2-3-10(8-15)4-6-16/h9-10,16H,2-8H2,1H3. The van der Waals surface area contributed by atoms with Crippen molar-refractivity contribution in [2.24, 2.45) is 5.92 Å². The van der Waals surface area contributed by atoms with Gasteiger partial charge in [0, 0.05) is 25.1 Å². The van der Waals surface area contributed by atoms with E-state index >= 15 is 0 Å². The van der Waals surface area contributed by atoms with Gasteiger partial charge in [0.15, 0.2) is 5.13 Å². The van der Waals surface area contributed by atoms with Crippen LogP contribution in [0.25, 0.3) is 0 Å². The van der Waals surface area contributed by atoms with E-state index < -0.39 is 0 Å². The first-order valence-electron chi connectivity index (χ1n) is 6.60. The normalized spacial score (nSPS) is 19.5. The number of carbonyl (C=O) groups is 1. The lowest BCUT2D eigenvalue weighted by atomic mass is 9.95. The number of hydrogen-bond acceptors (Lipinski definition) is 6. The fraction of sp³-hybridized carbons (Fsp3) is 0.692.